The molecule has 1 fully saturated rings. The summed E-state index contributed by atoms with van der Waals surface area (Å²) in [5.74, 6) is 0.611. The molecule has 0 saturated carbocycles. The molecule has 28 heavy (non-hydrogen) atoms. The average Bonchev–Trinajstić information content (AvgIpc) is 2.92. The second-order valence-electron chi connectivity index (χ2n) is 7.11. The van der Waals surface area contributed by atoms with Gasteiger partial charge in [-0.1, -0.05) is 0 Å². The van der Waals surface area contributed by atoms with Gasteiger partial charge in [0.25, 0.3) is 5.56 Å². The fourth-order valence-electron chi connectivity index (χ4n) is 3.71. The molecule has 9 heteroatoms. The predicted octanol–water partition coefficient (Wildman–Crippen LogP) is 1.48. The highest BCUT2D eigenvalue weighted by Gasteiger charge is 2.27. The van der Waals surface area contributed by atoms with Crippen molar-refractivity contribution in [2.45, 2.75) is 32.2 Å². The highest BCUT2D eigenvalue weighted by molar-refractivity contribution is 7.88. The third kappa shape index (κ3) is 4.41. The van der Waals surface area contributed by atoms with E-state index in [4.69, 9.17) is 4.98 Å². The minimum atomic E-state index is -3.19. The van der Waals surface area contributed by atoms with Gasteiger partial charge in [-0.15, -0.1) is 0 Å². The van der Waals surface area contributed by atoms with Crippen LogP contribution in [0.2, 0.25) is 0 Å². The molecule has 0 spiro atoms. The number of anilines is 1. The third-order valence-corrected chi connectivity index (χ3v) is 6.55. The quantitative estimate of drug-likeness (QED) is 0.749. The number of rotatable bonds is 5. The first-order valence-corrected chi connectivity index (χ1v) is 11.4. The number of nitrogens with zero attached hydrogens (tertiary/aromatic N) is 5. The van der Waals surface area contributed by atoms with Crippen molar-refractivity contribution in [3.8, 4) is 11.3 Å². The summed E-state index contributed by atoms with van der Waals surface area (Å²) in [6.07, 6.45) is 6.96. The van der Waals surface area contributed by atoms with E-state index in [1.165, 1.54) is 12.3 Å². The molecule has 3 heterocycles. The molecule has 0 aliphatic carbocycles. The zero-order chi connectivity index (χ0) is 20.3. The van der Waals surface area contributed by atoms with Crippen molar-refractivity contribution < 1.29 is 8.42 Å². The van der Waals surface area contributed by atoms with Crippen LogP contribution in [0, 0.1) is 0 Å². The van der Waals surface area contributed by atoms with Crippen LogP contribution in [0.1, 0.15) is 26.2 Å². The summed E-state index contributed by atoms with van der Waals surface area (Å²) in [7, 11) is -1.46. The summed E-state index contributed by atoms with van der Waals surface area (Å²) in [5, 5.41) is 0. The van der Waals surface area contributed by atoms with Gasteiger partial charge in [0, 0.05) is 56.7 Å². The molecule has 1 aliphatic heterocycles. The van der Waals surface area contributed by atoms with Gasteiger partial charge < -0.3 is 4.90 Å². The number of aromatic nitrogens is 3. The molecule has 152 valence electrons. The van der Waals surface area contributed by atoms with Crippen molar-refractivity contribution in [1.29, 1.82) is 0 Å². The van der Waals surface area contributed by atoms with E-state index >= 15 is 0 Å². The minimum Gasteiger partial charge on any atom is -0.339 e. The maximum atomic E-state index is 12.6. The smallest absolute Gasteiger partial charge is 0.255 e. The summed E-state index contributed by atoms with van der Waals surface area (Å²) < 4.78 is 26.9. The van der Waals surface area contributed by atoms with Crippen molar-refractivity contribution in [2.75, 3.05) is 30.8 Å². The van der Waals surface area contributed by atoms with E-state index < -0.39 is 10.0 Å². The molecule has 3 rings (SSSR count). The summed E-state index contributed by atoms with van der Waals surface area (Å²) in [5.41, 5.74) is 1.33. The molecule has 1 saturated heterocycles. The number of hydrogen-bond donors (Lipinski definition) is 0. The Morgan fingerprint density at radius 1 is 1.21 bits per heavy atom. The van der Waals surface area contributed by atoms with Crippen molar-refractivity contribution in [3.05, 3.63) is 40.9 Å². The SMILES string of the molecule is CCN(c1nc(-c2ccncc2)cc(=O)n1C)C1CCCN(S(C)(=O)=O)CC1. The third-order valence-electron chi connectivity index (χ3n) is 5.25. The van der Waals surface area contributed by atoms with E-state index in [1.54, 1.807) is 28.3 Å². The van der Waals surface area contributed by atoms with E-state index in [2.05, 4.69) is 9.88 Å². The fraction of sp³-hybridized carbons (Fsp3) is 0.526. The molecule has 2 aromatic rings. The first kappa shape index (κ1) is 20.5. The van der Waals surface area contributed by atoms with Crippen molar-refractivity contribution >= 4 is 16.0 Å². The molecule has 1 aliphatic rings. The molecule has 1 atom stereocenters. The van der Waals surface area contributed by atoms with Crippen LogP contribution < -0.4 is 10.5 Å². The lowest BCUT2D eigenvalue weighted by atomic mass is 10.1. The maximum Gasteiger partial charge on any atom is 0.255 e. The summed E-state index contributed by atoms with van der Waals surface area (Å²) >= 11 is 0. The van der Waals surface area contributed by atoms with E-state index in [0.717, 1.165) is 18.4 Å². The number of hydrogen-bond acceptors (Lipinski definition) is 6. The van der Waals surface area contributed by atoms with Gasteiger partial charge in [0.05, 0.1) is 11.9 Å². The molecule has 0 bridgehead atoms. The van der Waals surface area contributed by atoms with Gasteiger partial charge >= 0.3 is 0 Å². The molecule has 0 N–H and O–H groups in total. The number of sulfonamides is 1. The Labute approximate surface area is 165 Å². The Morgan fingerprint density at radius 3 is 2.57 bits per heavy atom. The standard InChI is InChI=1S/C19H27N5O3S/c1-4-24(16-6-5-12-23(13-9-16)28(3,26)27)19-21-17(14-18(25)22(19)2)15-7-10-20-11-8-15/h7-8,10-11,14,16H,4-6,9,12-13H2,1-3H3. The van der Waals surface area contributed by atoms with E-state index in [0.29, 0.717) is 37.7 Å². The maximum absolute atomic E-state index is 12.6. The Balaban J connectivity index is 1.94. The van der Waals surface area contributed by atoms with Gasteiger partial charge in [-0.05, 0) is 38.3 Å². The molecular weight excluding hydrogens is 378 g/mol. The summed E-state index contributed by atoms with van der Waals surface area (Å²) in [4.78, 5) is 23.5. The van der Waals surface area contributed by atoms with Gasteiger partial charge in [0.15, 0.2) is 0 Å². The van der Waals surface area contributed by atoms with Gasteiger partial charge in [0.1, 0.15) is 0 Å². The monoisotopic (exact) mass is 405 g/mol. The van der Waals surface area contributed by atoms with Gasteiger partial charge in [0.2, 0.25) is 16.0 Å². The normalized spacial score (nSPS) is 18.6. The van der Waals surface area contributed by atoms with E-state index in [1.807, 2.05) is 19.1 Å². The van der Waals surface area contributed by atoms with Crippen molar-refractivity contribution in [3.63, 3.8) is 0 Å². The van der Waals surface area contributed by atoms with Crippen LogP contribution in [0.15, 0.2) is 35.4 Å². The van der Waals surface area contributed by atoms with E-state index in [-0.39, 0.29) is 11.6 Å². The summed E-state index contributed by atoms with van der Waals surface area (Å²) in [6.45, 7) is 3.74. The molecule has 2 aromatic heterocycles. The van der Waals surface area contributed by atoms with Crippen LogP contribution in [-0.4, -0.2) is 59.2 Å². The molecular formula is C19H27N5O3S. The van der Waals surface area contributed by atoms with Crippen LogP contribution in [-0.2, 0) is 17.1 Å². The van der Waals surface area contributed by atoms with Crippen LogP contribution in [0.25, 0.3) is 11.3 Å². The largest absolute Gasteiger partial charge is 0.339 e. The Morgan fingerprint density at radius 2 is 1.93 bits per heavy atom. The Hall–Kier alpha value is -2.26. The first-order chi connectivity index (χ1) is 13.3. The van der Waals surface area contributed by atoms with Gasteiger partial charge in [-0.25, -0.2) is 17.7 Å². The lowest BCUT2D eigenvalue weighted by Crippen LogP contribution is -2.40. The first-order valence-electron chi connectivity index (χ1n) is 9.51. The van der Waals surface area contributed by atoms with Gasteiger partial charge in [-0.3, -0.25) is 14.3 Å². The minimum absolute atomic E-state index is 0.123. The number of pyridine rings is 1. The second kappa shape index (κ2) is 8.40. The van der Waals surface area contributed by atoms with Crippen LogP contribution in [0.3, 0.4) is 0 Å². The average molecular weight is 406 g/mol. The zero-order valence-corrected chi connectivity index (χ0v) is 17.4. The highest BCUT2D eigenvalue weighted by Crippen LogP contribution is 2.24. The fourth-order valence-corrected chi connectivity index (χ4v) is 4.61. The Bertz CT molecular complexity index is 975. The van der Waals surface area contributed by atoms with Crippen molar-refractivity contribution in [2.24, 2.45) is 7.05 Å². The Kier molecular flexibility index (Phi) is 6.14. The predicted molar refractivity (Wildman–Crippen MR) is 110 cm³/mol. The zero-order valence-electron chi connectivity index (χ0n) is 16.6. The molecule has 0 aromatic carbocycles. The van der Waals surface area contributed by atoms with E-state index in [9.17, 15) is 13.2 Å². The topological polar surface area (TPSA) is 88.4 Å². The van der Waals surface area contributed by atoms with Crippen molar-refractivity contribution in [1.82, 2.24) is 18.8 Å². The molecule has 0 amide bonds. The lowest BCUT2D eigenvalue weighted by Gasteiger charge is -2.32. The van der Waals surface area contributed by atoms with Crippen LogP contribution in [0.4, 0.5) is 5.95 Å². The molecule has 0 radical (unpaired) electrons. The second-order valence-corrected chi connectivity index (χ2v) is 9.09. The van der Waals surface area contributed by atoms with Crippen LogP contribution in [0.5, 0.6) is 0 Å². The van der Waals surface area contributed by atoms with Crippen LogP contribution >= 0.6 is 0 Å². The molecule has 1 unspecified atom stereocenters. The summed E-state index contributed by atoms with van der Waals surface area (Å²) in [6, 6.07) is 5.32. The van der Waals surface area contributed by atoms with Gasteiger partial charge in [-0.2, -0.15) is 0 Å². The highest BCUT2D eigenvalue weighted by atomic mass is 32.2. The lowest BCUT2D eigenvalue weighted by molar-refractivity contribution is 0.423. The molecule has 8 nitrogen and oxygen atoms in total.